The number of hydrogen-bond acceptors (Lipinski definition) is 0. The van der Waals surface area contributed by atoms with Crippen molar-refractivity contribution in [2.75, 3.05) is 0 Å². The first kappa shape index (κ1) is 24.1. The van der Waals surface area contributed by atoms with Gasteiger partial charge in [-0.25, -0.2) is 12.1 Å². The van der Waals surface area contributed by atoms with Gasteiger partial charge in [-0.1, -0.05) is 55.2 Å². The Labute approximate surface area is 199 Å². The van der Waals surface area contributed by atoms with Crippen molar-refractivity contribution in [1.29, 1.82) is 0 Å². The minimum Gasteiger partial charge on any atom is -1.00 e. The van der Waals surface area contributed by atoms with Crippen LogP contribution in [0.3, 0.4) is 0 Å². The van der Waals surface area contributed by atoms with Crippen LogP contribution < -0.4 is 48.0 Å². The Morgan fingerprint density at radius 3 is 2.29 bits per heavy atom. The van der Waals surface area contributed by atoms with Crippen molar-refractivity contribution in [2.45, 2.75) is 26.2 Å². The molecule has 0 bridgehead atoms. The van der Waals surface area contributed by atoms with Gasteiger partial charge in [0.05, 0.1) is 0 Å². The minimum absolute atomic E-state index is 0. The molecule has 3 heteroatoms. The van der Waals surface area contributed by atoms with Crippen molar-refractivity contribution in [3.63, 3.8) is 0 Å². The zero-order chi connectivity index (χ0) is 14.5. The van der Waals surface area contributed by atoms with Crippen molar-refractivity contribution in [3.8, 4) is 11.1 Å². The molecule has 1 aliphatic rings. The van der Waals surface area contributed by atoms with E-state index in [1.807, 2.05) is 6.07 Å². The molecule has 0 atom stereocenters. The fourth-order valence-corrected chi connectivity index (χ4v) is 2.87. The zero-order valence-electron chi connectivity index (χ0n) is 13.7. The van der Waals surface area contributed by atoms with Crippen molar-refractivity contribution in [1.82, 2.24) is 0 Å². The third-order valence-corrected chi connectivity index (χ3v) is 3.89. The summed E-state index contributed by atoms with van der Waals surface area (Å²) in [6, 6.07) is 26.6. The topological polar surface area (TPSA) is 0 Å². The van der Waals surface area contributed by atoms with Gasteiger partial charge in [0, 0.05) is 0 Å². The summed E-state index contributed by atoms with van der Waals surface area (Å²) in [6.45, 7) is 2.20. The Kier molecular flexibility index (Phi) is 12.5. The van der Waals surface area contributed by atoms with Crippen LogP contribution in [0.15, 0.2) is 66.7 Å². The number of halogens is 2. The largest absolute Gasteiger partial charge is 4.00 e. The van der Waals surface area contributed by atoms with Gasteiger partial charge in [-0.3, -0.25) is 0 Å². The number of benzene rings is 2. The molecule has 0 spiro atoms. The molecule has 0 saturated heterocycles. The van der Waals surface area contributed by atoms with Gasteiger partial charge in [0.2, 0.25) is 0 Å². The predicted molar refractivity (Wildman–Crippen MR) is 89.6 cm³/mol. The molecule has 122 valence electrons. The Balaban J connectivity index is 0.000000429. The molecular weight excluding hydrogens is 597 g/mol. The number of hydrogen-bond donors (Lipinski definition) is 0. The van der Waals surface area contributed by atoms with E-state index in [-0.39, 0.29) is 74.2 Å². The van der Waals surface area contributed by atoms with Crippen LogP contribution in [-0.2, 0) is 39.0 Å². The minimum atomic E-state index is 0. The fourth-order valence-electron chi connectivity index (χ4n) is 2.87. The summed E-state index contributed by atoms with van der Waals surface area (Å²) in [5.41, 5.74) is 6.98. The van der Waals surface area contributed by atoms with Gasteiger partial charge in [-0.15, -0.1) is 5.56 Å². The molecule has 0 aromatic heterocycles. The maximum atomic E-state index is 3.30. The van der Waals surface area contributed by atoms with Gasteiger partial charge >= 0.3 is 26.2 Å². The van der Waals surface area contributed by atoms with Crippen LogP contribution in [0.4, 0.5) is 0 Å². The van der Waals surface area contributed by atoms with E-state index < -0.39 is 0 Å². The summed E-state index contributed by atoms with van der Waals surface area (Å²) in [7, 11) is 0. The van der Waals surface area contributed by atoms with Crippen molar-refractivity contribution in [2.24, 2.45) is 0 Å². The summed E-state index contributed by atoms with van der Waals surface area (Å²) < 4.78 is 0. The number of aryl methyl sites for hydroxylation is 1. The van der Waals surface area contributed by atoms with Gasteiger partial charge in [0.25, 0.3) is 0 Å². The van der Waals surface area contributed by atoms with Crippen LogP contribution in [0.2, 0.25) is 0 Å². The first-order valence-corrected chi connectivity index (χ1v) is 7.67. The Bertz CT molecular complexity index is 662. The van der Waals surface area contributed by atoms with Crippen LogP contribution >= 0.6 is 0 Å². The van der Waals surface area contributed by atoms with E-state index in [0.717, 1.165) is 6.42 Å². The summed E-state index contributed by atoms with van der Waals surface area (Å²) in [4.78, 5) is 0. The average molecular weight is 617 g/mol. The summed E-state index contributed by atoms with van der Waals surface area (Å²) in [5.74, 6) is 0. The molecule has 0 nitrogen and oxygen atoms in total. The van der Waals surface area contributed by atoms with E-state index in [4.69, 9.17) is 0 Å². The molecule has 0 saturated carbocycles. The summed E-state index contributed by atoms with van der Waals surface area (Å²) in [5, 5.41) is 0. The molecule has 0 amide bonds. The Hall–Kier alpha value is 0.133. The Morgan fingerprint density at radius 1 is 0.917 bits per heavy atom. The molecule has 0 unspecified atom stereocenters. The molecule has 0 radical (unpaired) electrons. The molecule has 4 rings (SSSR count). The summed E-state index contributed by atoms with van der Waals surface area (Å²) in [6.07, 6.45) is 3.53. The van der Waals surface area contributed by atoms with Gasteiger partial charge in [0.15, 0.2) is 0 Å². The van der Waals surface area contributed by atoms with Crippen LogP contribution in [-0.4, -0.2) is 0 Å². The van der Waals surface area contributed by atoms with Crippen LogP contribution in [0, 0.1) is 6.07 Å². The number of fused-ring (bicyclic) bond motifs is 3. The van der Waals surface area contributed by atoms with Gasteiger partial charge < -0.3 is 48.0 Å². The molecule has 24 heavy (non-hydrogen) atoms. The van der Waals surface area contributed by atoms with Gasteiger partial charge in [0.1, 0.15) is 0 Å². The normalized spacial score (nSPS) is 9.88. The molecule has 0 heterocycles. The van der Waals surface area contributed by atoms with Crippen molar-refractivity contribution >= 4 is 0 Å². The maximum Gasteiger partial charge on any atom is 4.00 e. The molecule has 3 aromatic carbocycles. The van der Waals surface area contributed by atoms with Gasteiger partial charge in [-0.2, -0.15) is 47.5 Å². The molecule has 0 fully saturated rings. The van der Waals surface area contributed by atoms with Crippen LogP contribution in [0.25, 0.3) is 11.1 Å². The predicted octanol–water partition coefficient (Wildman–Crippen LogP) is -0.579. The van der Waals surface area contributed by atoms with Crippen LogP contribution in [0.1, 0.15) is 30.0 Å². The molecule has 1 aliphatic carbocycles. The fraction of sp³-hybridized carbons (Fsp3) is 0.190. The first-order chi connectivity index (χ1) is 10.4. The molecule has 0 aliphatic heterocycles. The van der Waals surface area contributed by atoms with E-state index in [2.05, 4.69) is 73.7 Å². The van der Waals surface area contributed by atoms with E-state index in [1.165, 1.54) is 40.7 Å². The second kappa shape index (κ2) is 12.5. The Morgan fingerprint density at radius 2 is 1.58 bits per heavy atom. The standard InChI is InChI=1S/C13H9.C8H11.2HI.Zr/c1-3-7-12-10(5-1)9-11-6-2-4-8-13(11)12;1-2-5-8-6-3-4-7-8;;;/h1-5,7-8H,9H2;3-4,6-7H,2,5H2,1H3;2*1H;/q2*-1;;;+4/p-2. The first-order valence-electron chi connectivity index (χ1n) is 7.67. The molecule has 0 N–H and O–H groups in total. The third kappa shape index (κ3) is 6.14. The quantitative estimate of drug-likeness (QED) is 0.209. The van der Waals surface area contributed by atoms with E-state index in [9.17, 15) is 0 Å². The second-order valence-corrected chi connectivity index (χ2v) is 5.44. The number of rotatable bonds is 2. The molecule has 3 aromatic rings. The van der Waals surface area contributed by atoms with E-state index in [0.29, 0.717) is 0 Å². The SMILES string of the molecule is CCC[c-]1cccc1.[I-].[I-].[Zr+4].[c-]1cccc2c1Cc1ccccc1-2. The summed E-state index contributed by atoms with van der Waals surface area (Å²) >= 11 is 0. The molecular formula is C21H20I2Zr. The monoisotopic (exact) mass is 616 g/mol. The maximum absolute atomic E-state index is 3.30. The zero-order valence-corrected chi connectivity index (χ0v) is 20.5. The average Bonchev–Trinajstić information content (AvgIpc) is 3.15. The van der Waals surface area contributed by atoms with Crippen LogP contribution in [0.5, 0.6) is 0 Å². The smallest absolute Gasteiger partial charge is 1.00 e. The third-order valence-electron chi connectivity index (χ3n) is 3.89. The second-order valence-electron chi connectivity index (χ2n) is 5.44. The van der Waals surface area contributed by atoms with Crippen molar-refractivity contribution < 1.29 is 74.2 Å². The van der Waals surface area contributed by atoms with Crippen molar-refractivity contribution in [3.05, 3.63) is 89.5 Å². The van der Waals surface area contributed by atoms with E-state index >= 15 is 0 Å². The van der Waals surface area contributed by atoms with E-state index in [1.54, 1.807) is 0 Å². The van der Waals surface area contributed by atoms with Gasteiger partial charge in [-0.05, 0) is 6.42 Å².